The van der Waals surface area contributed by atoms with Gasteiger partial charge in [0.2, 0.25) is 0 Å². The Bertz CT molecular complexity index is 1100. The number of amides is 1. The molecule has 3 atom stereocenters. The van der Waals surface area contributed by atoms with Crippen LogP contribution in [0.2, 0.25) is 0 Å². The van der Waals surface area contributed by atoms with Crippen LogP contribution in [0.4, 0.5) is 0 Å². The van der Waals surface area contributed by atoms with E-state index in [4.69, 9.17) is 4.98 Å². The van der Waals surface area contributed by atoms with Crippen LogP contribution in [0.25, 0.3) is 11.0 Å². The first-order valence-corrected chi connectivity index (χ1v) is 12.9. The largest absolute Gasteiger partial charge is 0.479 e. The summed E-state index contributed by atoms with van der Waals surface area (Å²) in [5, 5.41) is 24.2. The Morgan fingerprint density at radius 2 is 1.88 bits per heavy atom. The third-order valence-electron chi connectivity index (χ3n) is 6.55. The number of nitrogens with one attached hydrogen (secondary N) is 1. The monoisotopic (exact) mass is 485 g/mol. The van der Waals surface area contributed by atoms with Gasteiger partial charge in [-0.1, -0.05) is 40.2 Å². The second-order valence-electron chi connectivity index (χ2n) is 8.94. The first-order valence-electron chi connectivity index (χ1n) is 12.0. The van der Waals surface area contributed by atoms with E-state index in [1.807, 2.05) is 26.0 Å². The average Bonchev–Trinajstić information content (AvgIpc) is 3.46. The molecule has 0 radical (unpaired) electrons. The molecule has 0 fully saturated rings. The highest BCUT2D eigenvalue weighted by Gasteiger charge is 2.29. The van der Waals surface area contributed by atoms with Crippen LogP contribution in [0.5, 0.6) is 0 Å². The number of imidazole rings is 1. The van der Waals surface area contributed by atoms with Crippen LogP contribution in [-0.2, 0) is 11.2 Å². The van der Waals surface area contributed by atoms with Gasteiger partial charge in [0.25, 0.3) is 5.91 Å². The van der Waals surface area contributed by atoms with E-state index in [9.17, 15) is 19.8 Å². The average molecular weight is 486 g/mol. The molecule has 3 aromatic rings. The summed E-state index contributed by atoms with van der Waals surface area (Å²) in [7, 11) is 0. The number of aliphatic hydroxyl groups excluding tert-OH is 1. The Labute approximate surface area is 204 Å². The first-order chi connectivity index (χ1) is 16.3. The Morgan fingerprint density at radius 1 is 1.15 bits per heavy atom. The predicted octanol–water partition coefficient (Wildman–Crippen LogP) is 5.03. The van der Waals surface area contributed by atoms with E-state index in [2.05, 4.69) is 35.2 Å². The Kier molecular flexibility index (Phi) is 8.85. The second-order valence-corrected chi connectivity index (χ2v) is 9.97. The third-order valence-corrected chi connectivity index (χ3v) is 7.43. The molecule has 2 heterocycles. The first kappa shape index (κ1) is 25.9. The van der Waals surface area contributed by atoms with Gasteiger partial charge in [-0.3, -0.25) is 4.79 Å². The van der Waals surface area contributed by atoms with E-state index in [0.717, 1.165) is 42.5 Å². The summed E-state index contributed by atoms with van der Waals surface area (Å²) in [4.78, 5) is 30.6. The summed E-state index contributed by atoms with van der Waals surface area (Å²) in [6, 6.07) is 9.01. The summed E-state index contributed by atoms with van der Waals surface area (Å²) in [6.45, 7) is 8.30. The Morgan fingerprint density at radius 3 is 2.47 bits per heavy atom. The zero-order chi connectivity index (χ0) is 24.8. The summed E-state index contributed by atoms with van der Waals surface area (Å²) in [6.07, 6.45) is 2.23. The molecule has 3 rings (SSSR count). The van der Waals surface area contributed by atoms with Gasteiger partial charge in [-0.05, 0) is 54.8 Å². The molecule has 3 N–H and O–H groups in total. The number of thiophene rings is 1. The number of hydrogen-bond acceptors (Lipinski definition) is 5. The molecule has 0 bridgehead atoms. The van der Waals surface area contributed by atoms with E-state index in [-0.39, 0.29) is 5.92 Å². The zero-order valence-corrected chi connectivity index (χ0v) is 21.1. The molecule has 2 aromatic heterocycles. The molecule has 0 saturated heterocycles. The van der Waals surface area contributed by atoms with Crippen molar-refractivity contribution >= 4 is 34.2 Å². The SMILES string of the molecule is CCC(C)C[C@H](NC(=O)c1ccc2c(c1)nc(Cc1cccs1)n2C(CC)CC)[C@@H](O)C(=O)O. The van der Waals surface area contributed by atoms with Crippen molar-refractivity contribution < 1.29 is 19.8 Å². The highest BCUT2D eigenvalue weighted by Crippen LogP contribution is 2.28. The number of hydrogen-bond donors (Lipinski definition) is 3. The van der Waals surface area contributed by atoms with Crippen molar-refractivity contribution in [3.63, 3.8) is 0 Å². The number of carbonyl (C=O) groups is 2. The van der Waals surface area contributed by atoms with E-state index in [1.54, 1.807) is 23.5 Å². The molecule has 0 aliphatic carbocycles. The number of aliphatic carboxylic acids is 1. The van der Waals surface area contributed by atoms with Crippen molar-refractivity contribution in [3.05, 3.63) is 52.0 Å². The van der Waals surface area contributed by atoms with Crippen LogP contribution in [0.1, 0.15) is 80.5 Å². The number of carboxylic acids is 1. The van der Waals surface area contributed by atoms with Gasteiger partial charge in [0.05, 0.1) is 17.1 Å². The maximum absolute atomic E-state index is 13.0. The molecular formula is C26H35N3O4S. The van der Waals surface area contributed by atoms with E-state index >= 15 is 0 Å². The molecule has 7 nitrogen and oxygen atoms in total. The van der Waals surface area contributed by atoms with E-state index in [0.29, 0.717) is 18.0 Å². The number of rotatable bonds is 12. The number of aliphatic hydroxyl groups is 1. The maximum Gasteiger partial charge on any atom is 0.334 e. The second kappa shape index (κ2) is 11.6. The minimum atomic E-state index is -1.66. The quantitative estimate of drug-likeness (QED) is 0.334. The van der Waals surface area contributed by atoms with Crippen molar-refractivity contribution in [3.8, 4) is 0 Å². The highest BCUT2D eigenvalue weighted by molar-refractivity contribution is 7.09. The van der Waals surface area contributed by atoms with Crippen LogP contribution in [-0.4, -0.2) is 43.8 Å². The lowest BCUT2D eigenvalue weighted by molar-refractivity contribution is -0.148. The molecule has 0 spiro atoms. The molecule has 0 aliphatic heterocycles. The lowest BCUT2D eigenvalue weighted by Crippen LogP contribution is -2.47. The summed E-state index contributed by atoms with van der Waals surface area (Å²) >= 11 is 1.70. The molecule has 1 amide bonds. The fourth-order valence-corrected chi connectivity index (χ4v) is 5.04. The van der Waals surface area contributed by atoms with Crippen LogP contribution >= 0.6 is 11.3 Å². The van der Waals surface area contributed by atoms with Gasteiger partial charge >= 0.3 is 5.97 Å². The lowest BCUT2D eigenvalue weighted by atomic mass is 9.95. The molecular weight excluding hydrogens is 450 g/mol. The summed E-state index contributed by atoms with van der Waals surface area (Å²) < 4.78 is 2.29. The summed E-state index contributed by atoms with van der Waals surface area (Å²) in [5.41, 5.74) is 2.12. The van der Waals surface area contributed by atoms with Crippen LogP contribution in [0, 0.1) is 5.92 Å². The van der Waals surface area contributed by atoms with Crippen molar-refractivity contribution in [1.82, 2.24) is 14.9 Å². The van der Waals surface area contributed by atoms with E-state index in [1.165, 1.54) is 4.88 Å². The van der Waals surface area contributed by atoms with Gasteiger partial charge in [0.1, 0.15) is 5.82 Å². The van der Waals surface area contributed by atoms with Crippen molar-refractivity contribution in [1.29, 1.82) is 0 Å². The molecule has 8 heteroatoms. The van der Waals surface area contributed by atoms with Crippen LogP contribution in [0.3, 0.4) is 0 Å². The van der Waals surface area contributed by atoms with Gasteiger partial charge in [-0.2, -0.15) is 0 Å². The number of aromatic nitrogens is 2. The minimum Gasteiger partial charge on any atom is -0.479 e. The molecule has 0 aliphatic rings. The Hall–Kier alpha value is -2.71. The zero-order valence-electron chi connectivity index (χ0n) is 20.3. The van der Waals surface area contributed by atoms with Crippen LogP contribution in [0.15, 0.2) is 35.7 Å². The minimum absolute atomic E-state index is 0.164. The predicted molar refractivity (Wildman–Crippen MR) is 135 cm³/mol. The fourth-order valence-electron chi connectivity index (χ4n) is 4.34. The Balaban J connectivity index is 1.94. The number of carboxylic acid groups (broad SMARTS) is 1. The van der Waals surface area contributed by atoms with E-state index < -0.39 is 24.0 Å². The molecule has 1 unspecified atom stereocenters. The van der Waals surface area contributed by atoms with Crippen molar-refractivity contribution in [2.24, 2.45) is 5.92 Å². The van der Waals surface area contributed by atoms with Gasteiger partial charge in [-0.25, -0.2) is 9.78 Å². The number of carbonyl (C=O) groups excluding carboxylic acids is 1. The fraction of sp³-hybridized carbons (Fsp3) is 0.500. The molecule has 0 saturated carbocycles. The topological polar surface area (TPSA) is 104 Å². The normalized spacial score (nSPS) is 14.3. The molecule has 184 valence electrons. The van der Waals surface area contributed by atoms with Gasteiger partial charge in [0, 0.05) is 22.9 Å². The summed E-state index contributed by atoms with van der Waals surface area (Å²) in [5.74, 6) is -0.615. The molecule has 1 aromatic carbocycles. The van der Waals surface area contributed by atoms with Crippen molar-refractivity contribution in [2.75, 3.05) is 0 Å². The van der Waals surface area contributed by atoms with Gasteiger partial charge in [0.15, 0.2) is 6.10 Å². The standard InChI is InChI=1S/C26H35N3O4S/c1-5-16(4)13-21(24(30)26(32)33)28-25(31)17-10-11-22-20(14-17)27-23(15-19-9-8-12-34-19)29(22)18(6-2)7-3/h8-12,14,16,18,21,24,30H,5-7,13,15H2,1-4H3,(H,28,31)(H,32,33)/t16?,21-,24+/m0/s1. The molecule has 34 heavy (non-hydrogen) atoms. The third kappa shape index (κ3) is 5.85. The van der Waals surface area contributed by atoms with Crippen LogP contribution < -0.4 is 5.32 Å². The van der Waals surface area contributed by atoms with Gasteiger partial charge in [-0.15, -0.1) is 11.3 Å². The number of nitrogens with zero attached hydrogens (tertiary/aromatic N) is 2. The number of benzene rings is 1. The highest BCUT2D eigenvalue weighted by atomic mass is 32.1. The lowest BCUT2D eigenvalue weighted by Gasteiger charge is -2.24. The number of fused-ring (bicyclic) bond motifs is 1. The van der Waals surface area contributed by atoms with Gasteiger partial charge < -0.3 is 20.1 Å². The maximum atomic E-state index is 13.0. The smallest absolute Gasteiger partial charge is 0.334 e. The van der Waals surface area contributed by atoms with Crippen molar-refractivity contribution in [2.45, 2.75) is 78.0 Å².